The van der Waals surface area contributed by atoms with Crippen LogP contribution in [0.5, 0.6) is 0 Å². The molecule has 0 aliphatic rings. The first-order chi connectivity index (χ1) is 11.8. The summed E-state index contributed by atoms with van der Waals surface area (Å²) in [7, 11) is -4.67. The number of hydrogen-bond donors (Lipinski definition) is 3. The van der Waals surface area contributed by atoms with Crippen molar-refractivity contribution in [3.63, 3.8) is 0 Å². The number of rotatable bonds is 16. The van der Waals surface area contributed by atoms with Crippen molar-refractivity contribution >= 4 is 45.9 Å². The molecule has 8 heteroatoms. The number of unbranched alkanes of at least 4 members (excludes halogenated alkanes) is 14. The summed E-state index contributed by atoms with van der Waals surface area (Å²) in [5.74, 6) is -0.653. The van der Waals surface area contributed by atoms with Gasteiger partial charge in [-0.25, -0.2) is 0 Å². The minimum absolute atomic E-state index is 0. The van der Waals surface area contributed by atoms with E-state index in [0.717, 1.165) is 12.8 Å². The number of carboxylic acids is 1. The first kappa shape index (κ1) is 31.0. The third-order valence-corrected chi connectivity index (χ3v) is 3.99. The molecule has 0 radical (unpaired) electrons. The Morgan fingerprint density at radius 3 is 1.12 bits per heavy atom. The molecule has 0 spiro atoms. The molecular weight excluding hydrogens is 367 g/mol. The topological polar surface area (TPSA) is 112 Å². The van der Waals surface area contributed by atoms with E-state index in [1.54, 1.807) is 0 Å². The van der Waals surface area contributed by atoms with Crippen molar-refractivity contribution < 1.29 is 27.4 Å². The zero-order valence-electron chi connectivity index (χ0n) is 15.8. The minimum atomic E-state index is -4.67. The molecule has 0 saturated carbocycles. The molecule has 0 aromatic rings. The first-order valence-corrected chi connectivity index (χ1v) is 11.1. The summed E-state index contributed by atoms with van der Waals surface area (Å²) in [6.07, 6.45) is 20.2. The van der Waals surface area contributed by atoms with Gasteiger partial charge in [0.1, 0.15) is 0 Å². The second-order valence-electron chi connectivity index (χ2n) is 6.54. The Bertz CT molecular complexity index is 379. The van der Waals surface area contributed by atoms with E-state index < -0.39 is 16.4 Å². The first-order valence-electron chi connectivity index (χ1n) is 9.69. The van der Waals surface area contributed by atoms with Crippen LogP contribution in [0.25, 0.3) is 0 Å². The molecule has 0 fully saturated rings. The predicted octanol–water partition coefficient (Wildman–Crippen LogP) is 5.03. The fourth-order valence-electron chi connectivity index (χ4n) is 2.65. The molecule has 26 heavy (non-hydrogen) atoms. The van der Waals surface area contributed by atoms with Gasteiger partial charge < -0.3 is 5.11 Å². The summed E-state index contributed by atoms with van der Waals surface area (Å²) in [5.41, 5.74) is 0. The monoisotopic (exact) mass is 406 g/mol. The van der Waals surface area contributed by atoms with Gasteiger partial charge in [-0.15, -0.1) is 0 Å². The average molecular weight is 407 g/mol. The summed E-state index contributed by atoms with van der Waals surface area (Å²) in [6, 6.07) is 0. The van der Waals surface area contributed by atoms with Gasteiger partial charge in [0.15, 0.2) is 0 Å². The summed E-state index contributed by atoms with van der Waals surface area (Å²) < 4.78 is 31.6. The van der Waals surface area contributed by atoms with Crippen molar-refractivity contribution in [2.45, 2.75) is 110 Å². The third kappa shape index (κ3) is 44.1. The van der Waals surface area contributed by atoms with Crippen molar-refractivity contribution in [2.24, 2.45) is 0 Å². The third-order valence-electron chi connectivity index (χ3n) is 3.99. The van der Waals surface area contributed by atoms with Crippen LogP contribution in [0.2, 0.25) is 0 Å². The van der Waals surface area contributed by atoms with Gasteiger partial charge in [0.05, 0.1) is 0 Å². The zero-order valence-corrected chi connectivity index (χ0v) is 16.6. The molecule has 3 N–H and O–H groups in total. The molecular formula is C18H39NaO6S. The second kappa shape index (κ2) is 23.4. The molecule has 0 heterocycles. The number of carboxylic acid groups (broad SMARTS) is 1. The van der Waals surface area contributed by atoms with Crippen molar-refractivity contribution in [2.75, 3.05) is 0 Å². The van der Waals surface area contributed by atoms with E-state index in [9.17, 15) is 4.79 Å². The van der Waals surface area contributed by atoms with Crippen molar-refractivity contribution in [1.29, 1.82) is 0 Å². The Hall–Kier alpha value is 0.340. The van der Waals surface area contributed by atoms with Crippen LogP contribution in [0, 0.1) is 0 Å². The molecule has 0 aromatic carbocycles. The van der Waals surface area contributed by atoms with E-state index in [0.29, 0.717) is 6.42 Å². The maximum absolute atomic E-state index is 10.3. The van der Waals surface area contributed by atoms with Crippen LogP contribution < -0.4 is 0 Å². The Morgan fingerprint density at radius 1 is 0.654 bits per heavy atom. The summed E-state index contributed by atoms with van der Waals surface area (Å²) in [4.78, 5) is 10.3. The molecule has 154 valence electrons. The van der Waals surface area contributed by atoms with Gasteiger partial charge in [-0.1, -0.05) is 96.8 Å². The van der Waals surface area contributed by atoms with E-state index in [1.807, 2.05) is 0 Å². The van der Waals surface area contributed by atoms with E-state index in [4.69, 9.17) is 22.6 Å². The van der Waals surface area contributed by atoms with E-state index in [2.05, 4.69) is 6.92 Å². The molecule has 0 bridgehead atoms. The van der Waals surface area contributed by atoms with Gasteiger partial charge in [0.25, 0.3) is 0 Å². The van der Waals surface area contributed by atoms with Crippen LogP contribution >= 0.6 is 0 Å². The summed E-state index contributed by atoms with van der Waals surface area (Å²) >= 11 is 0. The van der Waals surface area contributed by atoms with Crippen LogP contribution in [-0.4, -0.2) is 58.2 Å². The zero-order chi connectivity index (χ0) is 19.4. The number of carbonyl (C=O) groups is 1. The van der Waals surface area contributed by atoms with Crippen molar-refractivity contribution in [3.8, 4) is 0 Å². The molecule has 0 aliphatic heterocycles. The molecule has 6 nitrogen and oxygen atoms in total. The normalized spacial score (nSPS) is 10.6. The van der Waals surface area contributed by atoms with Gasteiger partial charge in [0.2, 0.25) is 0 Å². The van der Waals surface area contributed by atoms with Crippen molar-refractivity contribution in [3.05, 3.63) is 0 Å². The number of hydrogen-bond acceptors (Lipinski definition) is 3. The Balaban J connectivity index is -0.000000772. The summed E-state index contributed by atoms with van der Waals surface area (Å²) in [5, 5.41) is 8.52. The van der Waals surface area contributed by atoms with Crippen LogP contribution in [0.4, 0.5) is 0 Å². The van der Waals surface area contributed by atoms with Gasteiger partial charge in [-0.05, 0) is 6.42 Å². The predicted molar refractivity (Wildman–Crippen MR) is 109 cm³/mol. The molecule has 0 aromatic heterocycles. The van der Waals surface area contributed by atoms with E-state index in [1.165, 1.54) is 83.5 Å². The fraction of sp³-hybridized carbons (Fsp3) is 0.944. The maximum atomic E-state index is 10.3. The quantitative estimate of drug-likeness (QED) is 0.188. The van der Waals surface area contributed by atoms with E-state index in [-0.39, 0.29) is 29.6 Å². The molecule has 0 rings (SSSR count). The van der Waals surface area contributed by atoms with Crippen LogP contribution in [0.15, 0.2) is 0 Å². The Kier molecular flexibility index (Phi) is 27.9. The van der Waals surface area contributed by atoms with Crippen LogP contribution in [-0.2, 0) is 15.2 Å². The van der Waals surface area contributed by atoms with Crippen LogP contribution in [0.3, 0.4) is 0 Å². The SMILES string of the molecule is CCCCCCCCCCCCCCCCCC(=O)O.O=S(=O)(O)O.[NaH]. The molecule has 0 unspecified atom stereocenters. The molecule has 0 atom stereocenters. The molecule has 0 amide bonds. The number of aliphatic carboxylic acids is 1. The fourth-order valence-corrected chi connectivity index (χ4v) is 2.65. The average Bonchev–Trinajstić information content (AvgIpc) is 2.49. The van der Waals surface area contributed by atoms with Gasteiger partial charge in [0, 0.05) is 6.42 Å². The Labute approximate surface area is 182 Å². The second-order valence-corrected chi connectivity index (χ2v) is 7.44. The summed E-state index contributed by atoms with van der Waals surface area (Å²) in [6.45, 7) is 2.27. The van der Waals surface area contributed by atoms with Gasteiger partial charge in [-0.3, -0.25) is 13.9 Å². The standard InChI is InChI=1S/C18H36O2.Na.H2O4S.H/c1-2-3-4-5-6-7-8-9-10-11-12-13-14-15-16-17-18(19)20;;1-5(2,3)4;/h2-17H2,1H3,(H,19,20);;(H2,1,2,3,4);. The van der Waals surface area contributed by atoms with Crippen LogP contribution in [0.1, 0.15) is 110 Å². The molecule has 0 saturated heterocycles. The van der Waals surface area contributed by atoms with Gasteiger partial charge >= 0.3 is 45.9 Å². The van der Waals surface area contributed by atoms with Crippen molar-refractivity contribution in [1.82, 2.24) is 0 Å². The Morgan fingerprint density at radius 2 is 0.885 bits per heavy atom. The van der Waals surface area contributed by atoms with Gasteiger partial charge in [-0.2, -0.15) is 8.42 Å². The van der Waals surface area contributed by atoms with E-state index >= 15 is 0 Å². The molecule has 0 aliphatic carbocycles.